The Morgan fingerprint density at radius 3 is 2.46 bits per heavy atom. The van der Waals surface area contributed by atoms with Gasteiger partial charge >= 0.3 is 0 Å². The van der Waals surface area contributed by atoms with E-state index in [-0.39, 0.29) is 12.4 Å². The minimum Gasteiger partial charge on any atom is -0.395 e. The summed E-state index contributed by atoms with van der Waals surface area (Å²) >= 11 is 0. The quantitative estimate of drug-likeness (QED) is 0.915. The molecular weight excluding hydrogens is 325 g/mol. The summed E-state index contributed by atoms with van der Waals surface area (Å²) in [5.74, 6) is 0.417. The summed E-state index contributed by atoms with van der Waals surface area (Å²) in [6.45, 7) is 5.29. The minimum absolute atomic E-state index is 0.183. The molecule has 2 aromatic carbocycles. The van der Waals surface area contributed by atoms with Gasteiger partial charge in [0.1, 0.15) is 5.82 Å². The second-order valence-electron chi connectivity index (χ2n) is 7.58. The molecule has 1 aliphatic carbocycles. The Balaban J connectivity index is 1.72. The van der Waals surface area contributed by atoms with Crippen molar-refractivity contribution in [3.63, 3.8) is 0 Å². The van der Waals surface area contributed by atoms with E-state index >= 15 is 0 Å². The fraction of sp³-hybridized carbons (Fsp3) is 0.391. The van der Waals surface area contributed by atoms with Gasteiger partial charge in [-0.1, -0.05) is 41.5 Å². The lowest BCUT2D eigenvalue weighted by Crippen LogP contribution is -2.37. The zero-order valence-electron chi connectivity index (χ0n) is 15.3. The van der Waals surface area contributed by atoms with Crippen molar-refractivity contribution < 1.29 is 9.50 Å². The molecule has 1 saturated heterocycles. The molecule has 0 unspecified atom stereocenters. The number of β-amino-alcohol motifs (C(OH)–C–C–N with tert-alkyl or cyclic N) is 1. The van der Waals surface area contributed by atoms with Crippen LogP contribution < -0.4 is 10.4 Å². The summed E-state index contributed by atoms with van der Waals surface area (Å²) in [6, 6.07) is 13.7. The Kier molecular flexibility index (Phi) is 4.92. The second kappa shape index (κ2) is 7.34. The van der Waals surface area contributed by atoms with Crippen LogP contribution in [0, 0.1) is 18.7 Å². The number of hydrogen-bond donors (Lipinski definition) is 1. The van der Waals surface area contributed by atoms with E-state index in [0.29, 0.717) is 5.92 Å². The van der Waals surface area contributed by atoms with Gasteiger partial charge in [0.2, 0.25) is 0 Å². The number of fused-ring (bicyclic) bond motifs is 1. The summed E-state index contributed by atoms with van der Waals surface area (Å²) in [7, 11) is 0. The lowest BCUT2D eigenvalue weighted by Gasteiger charge is -2.32. The summed E-state index contributed by atoms with van der Waals surface area (Å²) < 4.78 is 13.4. The number of halogens is 1. The van der Waals surface area contributed by atoms with Crippen molar-refractivity contribution in [3.05, 3.63) is 69.8 Å². The predicted octanol–water partition coefficient (Wildman–Crippen LogP) is 2.59. The van der Waals surface area contributed by atoms with Crippen LogP contribution in [0.2, 0.25) is 0 Å². The van der Waals surface area contributed by atoms with Crippen LogP contribution >= 0.6 is 0 Å². The van der Waals surface area contributed by atoms with Gasteiger partial charge in [0, 0.05) is 6.54 Å². The van der Waals surface area contributed by atoms with Crippen LogP contribution in [0.15, 0.2) is 42.5 Å². The maximum Gasteiger partial charge on any atom is 0.123 e. The highest BCUT2D eigenvalue weighted by molar-refractivity contribution is 5.78. The number of benzene rings is 2. The normalized spacial score (nSPS) is 18.4. The number of hydrogen-bond acceptors (Lipinski definition) is 2. The molecule has 0 spiro atoms. The van der Waals surface area contributed by atoms with Crippen molar-refractivity contribution in [1.82, 2.24) is 4.90 Å². The summed E-state index contributed by atoms with van der Waals surface area (Å²) in [5.41, 5.74) is 5.29. The molecule has 0 radical (unpaired) electrons. The number of nitrogens with zero attached hydrogens (tertiary/aromatic N) is 1. The molecule has 2 aromatic rings. The fourth-order valence-electron chi connectivity index (χ4n) is 4.49. The van der Waals surface area contributed by atoms with Gasteiger partial charge in [0.25, 0.3) is 0 Å². The van der Waals surface area contributed by atoms with Gasteiger partial charge in [0.15, 0.2) is 0 Å². The van der Waals surface area contributed by atoms with E-state index in [1.807, 2.05) is 12.1 Å². The zero-order chi connectivity index (χ0) is 18.1. The van der Waals surface area contributed by atoms with Gasteiger partial charge in [-0.2, -0.15) is 0 Å². The molecule has 136 valence electrons. The number of likely N-dealkylation sites (tertiary alicyclic amines) is 1. The molecule has 4 rings (SSSR count). The molecule has 3 heteroatoms. The number of aryl methyl sites for hydroxylation is 1. The fourth-order valence-corrected chi connectivity index (χ4v) is 4.49. The Hall–Kier alpha value is -1.97. The van der Waals surface area contributed by atoms with Gasteiger partial charge in [-0.3, -0.25) is 0 Å². The maximum atomic E-state index is 13.4. The van der Waals surface area contributed by atoms with E-state index in [1.165, 1.54) is 21.6 Å². The van der Waals surface area contributed by atoms with E-state index in [2.05, 4.69) is 30.0 Å². The average Bonchev–Trinajstić information content (AvgIpc) is 3.02. The van der Waals surface area contributed by atoms with Gasteiger partial charge in [-0.25, -0.2) is 4.39 Å². The van der Waals surface area contributed by atoms with Crippen molar-refractivity contribution in [2.45, 2.75) is 26.2 Å². The highest BCUT2D eigenvalue weighted by Crippen LogP contribution is 2.33. The Labute approximate surface area is 154 Å². The first-order valence-electron chi connectivity index (χ1n) is 9.58. The van der Waals surface area contributed by atoms with Crippen molar-refractivity contribution in [1.29, 1.82) is 0 Å². The lowest BCUT2D eigenvalue weighted by molar-refractivity contribution is 0.160. The molecule has 0 bridgehead atoms. The van der Waals surface area contributed by atoms with Gasteiger partial charge in [-0.05, 0) is 78.9 Å². The van der Waals surface area contributed by atoms with Crippen LogP contribution in [0.3, 0.4) is 0 Å². The minimum atomic E-state index is -0.183. The number of piperidine rings is 1. The third-order valence-corrected chi connectivity index (χ3v) is 5.90. The monoisotopic (exact) mass is 351 g/mol. The number of aliphatic hydroxyl groups is 1. The molecule has 0 saturated carbocycles. The first-order chi connectivity index (χ1) is 12.7. The van der Waals surface area contributed by atoms with Crippen molar-refractivity contribution in [2.24, 2.45) is 5.92 Å². The molecular formula is C23H26FNO. The summed E-state index contributed by atoms with van der Waals surface area (Å²) in [5, 5.41) is 11.9. The smallest absolute Gasteiger partial charge is 0.123 e. The standard InChI is InChI=1S/C23H26FNO/c1-16-2-7-20-21(17-3-5-19(24)6-4-17)15-22(23(20)14-16)18-8-10-25(11-9-18)12-13-26/h2-7,14,18,26H,8-13,15H2,1H3. The zero-order valence-corrected chi connectivity index (χ0v) is 15.3. The molecule has 1 N–H and O–H groups in total. The Morgan fingerprint density at radius 1 is 1.04 bits per heavy atom. The molecule has 2 nitrogen and oxygen atoms in total. The highest BCUT2D eigenvalue weighted by atomic mass is 19.1. The van der Waals surface area contributed by atoms with Crippen molar-refractivity contribution in [2.75, 3.05) is 26.2 Å². The summed E-state index contributed by atoms with van der Waals surface area (Å²) in [4.78, 5) is 2.35. The first-order valence-corrected chi connectivity index (χ1v) is 9.58. The topological polar surface area (TPSA) is 23.5 Å². The van der Waals surface area contributed by atoms with Crippen molar-refractivity contribution >= 4 is 11.1 Å². The van der Waals surface area contributed by atoms with Crippen molar-refractivity contribution in [3.8, 4) is 0 Å². The third kappa shape index (κ3) is 3.34. The maximum absolute atomic E-state index is 13.4. The molecule has 26 heavy (non-hydrogen) atoms. The first kappa shape index (κ1) is 17.4. The third-order valence-electron chi connectivity index (χ3n) is 5.90. The predicted molar refractivity (Wildman–Crippen MR) is 104 cm³/mol. The van der Waals surface area contributed by atoms with Gasteiger partial charge in [-0.15, -0.1) is 0 Å². The molecule has 1 heterocycles. The van der Waals surface area contributed by atoms with E-state index in [1.54, 1.807) is 17.7 Å². The van der Waals surface area contributed by atoms with Crippen LogP contribution in [0.1, 0.15) is 30.4 Å². The van der Waals surface area contributed by atoms with E-state index in [9.17, 15) is 4.39 Å². The van der Waals surface area contributed by atoms with Crippen LogP contribution in [-0.2, 0) is 0 Å². The van der Waals surface area contributed by atoms with E-state index in [0.717, 1.165) is 44.5 Å². The molecule has 0 aromatic heterocycles. The van der Waals surface area contributed by atoms with Gasteiger partial charge in [0.05, 0.1) is 6.61 Å². The van der Waals surface area contributed by atoms with E-state index < -0.39 is 0 Å². The van der Waals surface area contributed by atoms with Crippen LogP contribution in [0.5, 0.6) is 0 Å². The lowest BCUT2D eigenvalue weighted by atomic mass is 9.86. The number of rotatable bonds is 4. The molecule has 1 fully saturated rings. The molecule has 0 amide bonds. The molecule has 2 aliphatic rings. The largest absolute Gasteiger partial charge is 0.395 e. The SMILES string of the molecule is Cc1ccc2c(c1)=C(C1CCN(CCO)CC1)CC=2c1ccc(F)cc1. The Bertz CT molecular complexity index is 908. The Morgan fingerprint density at radius 2 is 1.77 bits per heavy atom. The van der Waals surface area contributed by atoms with Crippen LogP contribution in [0.25, 0.3) is 11.1 Å². The highest BCUT2D eigenvalue weighted by Gasteiger charge is 2.26. The van der Waals surface area contributed by atoms with Crippen LogP contribution in [0.4, 0.5) is 4.39 Å². The van der Waals surface area contributed by atoms with E-state index in [4.69, 9.17) is 5.11 Å². The number of aliphatic hydroxyl groups excluding tert-OH is 1. The van der Waals surface area contributed by atoms with Crippen LogP contribution in [-0.4, -0.2) is 36.2 Å². The molecule has 0 atom stereocenters. The van der Waals surface area contributed by atoms with Gasteiger partial charge < -0.3 is 10.0 Å². The summed E-state index contributed by atoms with van der Waals surface area (Å²) in [6.07, 6.45) is 3.27. The second-order valence-corrected chi connectivity index (χ2v) is 7.58. The molecule has 1 aliphatic heterocycles. The average molecular weight is 351 g/mol.